The van der Waals surface area contributed by atoms with Crippen LogP contribution in [0.5, 0.6) is 11.5 Å². The highest BCUT2D eigenvalue weighted by molar-refractivity contribution is 7.88. The maximum Gasteiger partial charge on any atom is 0.247 e. The predicted molar refractivity (Wildman–Crippen MR) is 94.3 cm³/mol. The molecule has 0 saturated heterocycles. The number of aryl methyl sites for hydroxylation is 1. The Morgan fingerprint density at radius 1 is 1.08 bits per heavy atom. The molecule has 2 aromatic rings. The van der Waals surface area contributed by atoms with Crippen LogP contribution in [0.3, 0.4) is 0 Å². The minimum Gasteiger partial charge on any atom is -0.454 e. The molecule has 0 spiro atoms. The van der Waals surface area contributed by atoms with Crippen LogP contribution < -0.4 is 9.47 Å². The summed E-state index contributed by atoms with van der Waals surface area (Å²) in [6.45, 7) is 2.20. The lowest BCUT2D eigenvalue weighted by Gasteiger charge is -2.21. The van der Waals surface area contributed by atoms with E-state index in [2.05, 4.69) is 5.10 Å². The Balaban J connectivity index is 1.72. The van der Waals surface area contributed by atoms with E-state index in [9.17, 15) is 8.42 Å². The fourth-order valence-electron chi connectivity index (χ4n) is 3.08. The first kappa shape index (κ1) is 16.0. The number of sulfonamides is 1. The van der Waals surface area contributed by atoms with Gasteiger partial charge in [-0.2, -0.15) is 9.52 Å². The number of nitrogens with zero attached hydrogens (tertiary/aromatic N) is 2. The summed E-state index contributed by atoms with van der Waals surface area (Å²) in [6, 6.07) is 13.0. The summed E-state index contributed by atoms with van der Waals surface area (Å²) in [5.74, 6) is 1.31. The number of fused-ring (bicyclic) bond motifs is 1. The van der Waals surface area contributed by atoms with Crippen LogP contribution in [-0.4, -0.2) is 31.6 Å². The summed E-state index contributed by atoms with van der Waals surface area (Å²) in [5.41, 5.74) is 3.67. The maximum absolute atomic E-state index is 12.2. The summed E-state index contributed by atoms with van der Waals surface area (Å²) in [4.78, 5) is 0. The molecule has 0 unspecified atom stereocenters. The molecule has 2 heterocycles. The van der Waals surface area contributed by atoms with Crippen molar-refractivity contribution in [2.75, 3.05) is 13.0 Å². The summed E-state index contributed by atoms with van der Waals surface area (Å²) in [6.07, 6.45) is 1.68. The lowest BCUT2D eigenvalue weighted by atomic mass is 9.98. The molecule has 1 atom stereocenters. The number of hydrazone groups is 1. The standard InChI is InChI=1S/C18H18N2O4S/c1-12-3-5-13(6-4-12)15-10-16(20(19-15)25(2,21)22)14-7-8-17-18(9-14)24-11-23-17/h3-9,16H,10-11H2,1-2H3/t16-/m1/s1. The van der Waals surface area contributed by atoms with Crippen LogP contribution in [0.2, 0.25) is 0 Å². The molecule has 0 N–H and O–H groups in total. The molecule has 4 rings (SSSR count). The zero-order valence-electron chi connectivity index (χ0n) is 14.0. The van der Waals surface area contributed by atoms with Gasteiger partial charge in [-0.25, -0.2) is 8.42 Å². The van der Waals surface area contributed by atoms with Crippen molar-refractivity contribution in [1.29, 1.82) is 0 Å². The van der Waals surface area contributed by atoms with Crippen LogP contribution in [-0.2, 0) is 10.0 Å². The van der Waals surface area contributed by atoms with E-state index in [0.717, 1.165) is 22.4 Å². The number of benzene rings is 2. The summed E-state index contributed by atoms with van der Waals surface area (Å²) >= 11 is 0. The predicted octanol–water partition coefficient (Wildman–Crippen LogP) is 2.83. The third-order valence-corrected chi connectivity index (χ3v) is 5.39. The summed E-state index contributed by atoms with van der Waals surface area (Å²) in [7, 11) is -3.49. The molecular formula is C18H18N2O4S. The fraction of sp³-hybridized carbons (Fsp3) is 0.278. The van der Waals surface area contributed by atoms with Gasteiger partial charge in [0.15, 0.2) is 11.5 Å². The van der Waals surface area contributed by atoms with Gasteiger partial charge in [0.25, 0.3) is 0 Å². The molecule has 2 aromatic carbocycles. The Bertz CT molecular complexity index is 952. The van der Waals surface area contributed by atoms with Crippen molar-refractivity contribution in [3.05, 3.63) is 59.2 Å². The third-order valence-electron chi connectivity index (χ3n) is 4.38. The fourth-order valence-corrected chi connectivity index (χ4v) is 3.99. The van der Waals surface area contributed by atoms with E-state index in [1.165, 1.54) is 10.7 Å². The normalized spacial score (nSPS) is 19.2. The molecule has 0 amide bonds. The zero-order valence-corrected chi connectivity index (χ0v) is 14.8. The molecular weight excluding hydrogens is 340 g/mol. The van der Waals surface area contributed by atoms with E-state index >= 15 is 0 Å². The summed E-state index contributed by atoms with van der Waals surface area (Å²) in [5, 5.41) is 4.40. The lowest BCUT2D eigenvalue weighted by Crippen LogP contribution is -2.25. The van der Waals surface area contributed by atoms with E-state index < -0.39 is 10.0 Å². The molecule has 0 radical (unpaired) electrons. The van der Waals surface area contributed by atoms with E-state index in [-0.39, 0.29) is 12.8 Å². The largest absolute Gasteiger partial charge is 0.454 e. The minimum absolute atomic E-state index is 0.185. The topological polar surface area (TPSA) is 68.2 Å². The van der Waals surface area contributed by atoms with E-state index in [1.807, 2.05) is 49.4 Å². The molecule has 25 heavy (non-hydrogen) atoms. The van der Waals surface area contributed by atoms with Crippen LogP contribution in [0.1, 0.15) is 29.2 Å². The average molecular weight is 358 g/mol. The second-order valence-electron chi connectivity index (χ2n) is 6.28. The highest BCUT2D eigenvalue weighted by atomic mass is 32.2. The second kappa shape index (κ2) is 5.77. The first-order valence-corrected chi connectivity index (χ1v) is 9.80. The van der Waals surface area contributed by atoms with Gasteiger partial charge >= 0.3 is 0 Å². The van der Waals surface area contributed by atoms with Crippen molar-refractivity contribution in [2.24, 2.45) is 5.10 Å². The highest BCUT2D eigenvalue weighted by Gasteiger charge is 2.35. The lowest BCUT2D eigenvalue weighted by molar-refractivity contribution is 0.174. The molecule has 0 fully saturated rings. The van der Waals surface area contributed by atoms with Crippen molar-refractivity contribution in [2.45, 2.75) is 19.4 Å². The van der Waals surface area contributed by atoms with Gasteiger partial charge < -0.3 is 9.47 Å². The van der Waals surface area contributed by atoms with Crippen molar-refractivity contribution in [3.63, 3.8) is 0 Å². The minimum atomic E-state index is -3.49. The van der Waals surface area contributed by atoms with Crippen molar-refractivity contribution in [1.82, 2.24) is 4.41 Å². The Labute approximate surface area is 146 Å². The molecule has 2 aliphatic heterocycles. The van der Waals surface area contributed by atoms with Crippen LogP contribution >= 0.6 is 0 Å². The third kappa shape index (κ3) is 2.95. The van der Waals surface area contributed by atoms with Gasteiger partial charge in [-0.1, -0.05) is 35.9 Å². The first-order chi connectivity index (χ1) is 11.9. The Kier molecular flexibility index (Phi) is 3.68. The van der Waals surface area contributed by atoms with Gasteiger partial charge in [0, 0.05) is 6.42 Å². The van der Waals surface area contributed by atoms with Gasteiger partial charge in [0.05, 0.1) is 18.0 Å². The zero-order chi connectivity index (χ0) is 17.6. The van der Waals surface area contributed by atoms with Gasteiger partial charge in [-0.15, -0.1) is 0 Å². The van der Waals surface area contributed by atoms with Crippen molar-refractivity contribution < 1.29 is 17.9 Å². The second-order valence-corrected chi connectivity index (χ2v) is 8.12. The Hall–Kier alpha value is -2.54. The van der Waals surface area contributed by atoms with E-state index in [1.54, 1.807) is 0 Å². The first-order valence-electron chi connectivity index (χ1n) is 7.95. The van der Waals surface area contributed by atoms with E-state index in [0.29, 0.717) is 17.9 Å². The van der Waals surface area contributed by atoms with Crippen molar-refractivity contribution >= 4 is 15.7 Å². The quantitative estimate of drug-likeness (QED) is 0.846. The Morgan fingerprint density at radius 3 is 2.52 bits per heavy atom. The van der Waals surface area contributed by atoms with Crippen molar-refractivity contribution in [3.8, 4) is 11.5 Å². The van der Waals surface area contributed by atoms with Crippen LogP contribution in [0, 0.1) is 6.92 Å². The molecule has 6 nitrogen and oxygen atoms in total. The number of ether oxygens (including phenoxy) is 2. The molecule has 0 bridgehead atoms. The molecule has 0 aromatic heterocycles. The van der Waals surface area contributed by atoms with Gasteiger partial charge in [0.1, 0.15) is 0 Å². The molecule has 0 saturated carbocycles. The molecule has 0 aliphatic carbocycles. The number of rotatable bonds is 3. The van der Waals surface area contributed by atoms with Crippen LogP contribution in [0.25, 0.3) is 0 Å². The van der Waals surface area contributed by atoms with Gasteiger partial charge in [-0.05, 0) is 30.2 Å². The molecule has 7 heteroatoms. The SMILES string of the molecule is Cc1ccc(C2=NN(S(C)(=O)=O)[C@@H](c3ccc4c(c3)OCO4)C2)cc1. The maximum atomic E-state index is 12.2. The van der Waals surface area contributed by atoms with Crippen LogP contribution in [0.15, 0.2) is 47.6 Å². The van der Waals surface area contributed by atoms with E-state index in [4.69, 9.17) is 9.47 Å². The Morgan fingerprint density at radius 2 is 1.80 bits per heavy atom. The monoisotopic (exact) mass is 358 g/mol. The molecule has 130 valence electrons. The van der Waals surface area contributed by atoms with Crippen LogP contribution in [0.4, 0.5) is 0 Å². The number of hydrogen-bond acceptors (Lipinski definition) is 5. The smallest absolute Gasteiger partial charge is 0.247 e. The van der Waals surface area contributed by atoms with Gasteiger partial charge in [-0.3, -0.25) is 0 Å². The number of hydrogen-bond donors (Lipinski definition) is 0. The average Bonchev–Trinajstić information content (AvgIpc) is 3.21. The molecule has 2 aliphatic rings. The highest BCUT2D eigenvalue weighted by Crippen LogP contribution is 2.40. The summed E-state index contributed by atoms with van der Waals surface area (Å²) < 4.78 is 36.4. The van der Waals surface area contributed by atoms with Gasteiger partial charge in [0.2, 0.25) is 16.8 Å².